The smallest absolute Gasteiger partial charge is 0.223 e. The van der Waals surface area contributed by atoms with E-state index in [2.05, 4.69) is 4.90 Å². The standard InChI is InChI=1S/C12H23N3O/c13-6-3-12(16)15-9-4-11(5-10-15)14-7-1-2-8-14/h11H,1-10,13H2. The van der Waals surface area contributed by atoms with Gasteiger partial charge in [-0.3, -0.25) is 4.79 Å². The second-order valence-electron chi connectivity index (χ2n) is 4.89. The van der Waals surface area contributed by atoms with Gasteiger partial charge in [0.2, 0.25) is 5.91 Å². The molecule has 0 saturated carbocycles. The van der Waals surface area contributed by atoms with Gasteiger partial charge in [-0.15, -0.1) is 0 Å². The van der Waals surface area contributed by atoms with Gasteiger partial charge in [-0.05, 0) is 38.8 Å². The summed E-state index contributed by atoms with van der Waals surface area (Å²) >= 11 is 0. The number of likely N-dealkylation sites (tertiary alicyclic amines) is 2. The van der Waals surface area contributed by atoms with Crippen molar-refractivity contribution in [2.75, 3.05) is 32.7 Å². The highest BCUT2D eigenvalue weighted by molar-refractivity contribution is 5.76. The van der Waals surface area contributed by atoms with E-state index in [1.54, 1.807) is 0 Å². The van der Waals surface area contributed by atoms with Gasteiger partial charge in [-0.25, -0.2) is 0 Å². The topological polar surface area (TPSA) is 49.6 Å². The molecule has 2 fully saturated rings. The fraction of sp³-hybridized carbons (Fsp3) is 0.917. The van der Waals surface area contributed by atoms with Crippen LogP contribution in [0.1, 0.15) is 32.1 Å². The Bertz CT molecular complexity index is 230. The van der Waals surface area contributed by atoms with Crippen molar-refractivity contribution < 1.29 is 4.79 Å². The number of hydrogen-bond acceptors (Lipinski definition) is 3. The molecule has 92 valence electrons. The Hall–Kier alpha value is -0.610. The van der Waals surface area contributed by atoms with Crippen molar-refractivity contribution in [3.05, 3.63) is 0 Å². The SMILES string of the molecule is NCCC(=O)N1CCC(N2CCCC2)CC1. The molecule has 0 unspecified atom stereocenters. The number of nitrogens with zero attached hydrogens (tertiary/aromatic N) is 2. The number of amides is 1. The molecule has 2 aliphatic heterocycles. The number of carbonyl (C=O) groups excluding carboxylic acids is 1. The minimum atomic E-state index is 0.238. The Balaban J connectivity index is 1.75. The number of piperidine rings is 1. The summed E-state index contributed by atoms with van der Waals surface area (Å²) in [6.45, 7) is 4.87. The maximum atomic E-state index is 11.7. The molecule has 1 amide bonds. The zero-order chi connectivity index (χ0) is 11.4. The molecule has 0 aromatic rings. The van der Waals surface area contributed by atoms with Crippen LogP contribution < -0.4 is 5.73 Å². The molecule has 0 aliphatic carbocycles. The predicted octanol–water partition coefficient (Wildman–Crippen LogP) is 0.422. The third kappa shape index (κ3) is 2.74. The lowest BCUT2D eigenvalue weighted by Gasteiger charge is -2.36. The first-order chi connectivity index (χ1) is 7.81. The van der Waals surface area contributed by atoms with Crippen LogP contribution in [0.25, 0.3) is 0 Å². The number of nitrogens with two attached hydrogens (primary N) is 1. The lowest BCUT2D eigenvalue weighted by atomic mass is 10.0. The van der Waals surface area contributed by atoms with Gasteiger partial charge in [0.05, 0.1) is 0 Å². The molecule has 4 nitrogen and oxygen atoms in total. The van der Waals surface area contributed by atoms with E-state index < -0.39 is 0 Å². The third-order valence-electron chi connectivity index (χ3n) is 3.83. The van der Waals surface area contributed by atoms with E-state index in [0.29, 0.717) is 13.0 Å². The summed E-state index contributed by atoms with van der Waals surface area (Å²) in [5, 5.41) is 0. The Morgan fingerprint density at radius 3 is 2.31 bits per heavy atom. The van der Waals surface area contributed by atoms with Crippen molar-refractivity contribution in [2.24, 2.45) is 5.73 Å². The van der Waals surface area contributed by atoms with Crippen molar-refractivity contribution in [3.8, 4) is 0 Å². The van der Waals surface area contributed by atoms with E-state index >= 15 is 0 Å². The average Bonchev–Trinajstić information content (AvgIpc) is 2.83. The maximum Gasteiger partial charge on any atom is 0.223 e. The number of hydrogen-bond donors (Lipinski definition) is 1. The van der Waals surface area contributed by atoms with Gasteiger partial charge in [0.15, 0.2) is 0 Å². The summed E-state index contributed by atoms with van der Waals surface area (Å²) in [6, 6.07) is 0.726. The Morgan fingerprint density at radius 1 is 1.12 bits per heavy atom. The molecule has 2 heterocycles. The molecular formula is C12H23N3O. The molecule has 0 aromatic heterocycles. The highest BCUT2D eigenvalue weighted by Gasteiger charge is 2.27. The summed E-state index contributed by atoms with van der Waals surface area (Å²) < 4.78 is 0. The maximum absolute atomic E-state index is 11.7. The van der Waals surface area contributed by atoms with Crippen molar-refractivity contribution in [2.45, 2.75) is 38.1 Å². The van der Waals surface area contributed by atoms with Crippen LogP contribution in [0.4, 0.5) is 0 Å². The number of carbonyl (C=O) groups is 1. The van der Waals surface area contributed by atoms with Gasteiger partial charge in [-0.2, -0.15) is 0 Å². The van der Waals surface area contributed by atoms with Crippen LogP contribution in [0, 0.1) is 0 Å². The van der Waals surface area contributed by atoms with Gasteiger partial charge in [0.1, 0.15) is 0 Å². The highest BCUT2D eigenvalue weighted by atomic mass is 16.2. The molecule has 0 aromatic carbocycles. The molecular weight excluding hydrogens is 202 g/mol. The van der Waals surface area contributed by atoms with Crippen LogP contribution in [-0.4, -0.2) is 54.5 Å². The largest absolute Gasteiger partial charge is 0.343 e. The molecule has 16 heavy (non-hydrogen) atoms. The minimum Gasteiger partial charge on any atom is -0.343 e. The van der Waals surface area contributed by atoms with Crippen LogP contribution in [0.3, 0.4) is 0 Å². The van der Waals surface area contributed by atoms with Crippen LogP contribution >= 0.6 is 0 Å². The summed E-state index contributed by atoms with van der Waals surface area (Å²) in [5.41, 5.74) is 5.41. The molecule has 0 spiro atoms. The summed E-state index contributed by atoms with van der Waals surface area (Å²) in [4.78, 5) is 16.2. The number of rotatable bonds is 3. The lowest BCUT2D eigenvalue weighted by molar-refractivity contribution is -0.132. The molecule has 4 heteroatoms. The first-order valence-electron chi connectivity index (χ1n) is 6.53. The molecule has 0 radical (unpaired) electrons. The van der Waals surface area contributed by atoms with E-state index in [1.165, 1.54) is 25.9 Å². The molecule has 2 saturated heterocycles. The van der Waals surface area contributed by atoms with Crippen molar-refractivity contribution in [1.29, 1.82) is 0 Å². The van der Waals surface area contributed by atoms with E-state index in [0.717, 1.165) is 32.0 Å². The van der Waals surface area contributed by atoms with Crippen LogP contribution in [0.5, 0.6) is 0 Å². The van der Waals surface area contributed by atoms with E-state index in [-0.39, 0.29) is 5.91 Å². The lowest BCUT2D eigenvalue weighted by Crippen LogP contribution is -2.46. The predicted molar refractivity (Wildman–Crippen MR) is 64.1 cm³/mol. The van der Waals surface area contributed by atoms with Crippen molar-refractivity contribution in [3.63, 3.8) is 0 Å². The van der Waals surface area contributed by atoms with Gasteiger partial charge in [0.25, 0.3) is 0 Å². The second kappa shape index (κ2) is 5.64. The van der Waals surface area contributed by atoms with Gasteiger partial charge < -0.3 is 15.5 Å². The summed E-state index contributed by atoms with van der Waals surface area (Å²) in [5.74, 6) is 0.238. The van der Waals surface area contributed by atoms with Gasteiger partial charge >= 0.3 is 0 Å². The van der Waals surface area contributed by atoms with E-state index in [9.17, 15) is 4.79 Å². The monoisotopic (exact) mass is 225 g/mol. The van der Waals surface area contributed by atoms with Crippen molar-refractivity contribution in [1.82, 2.24) is 9.80 Å². The summed E-state index contributed by atoms with van der Waals surface area (Å²) in [7, 11) is 0. The quantitative estimate of drug-likeness (QED) is 0.757. The average molecular weight is 225 g/mol. The Morgan fingerprint density at radius 2 is 1.75 bits per heavy atom. The highest BCUT2D eigenvalue weighted by Crippen LogP contribution is 2.21. The molecule has 2 rings (SSSR count). The summed E-state index contributed by atoms with van der Waals surface area (Å²) in [6.07, 6.45) is 5.51. The fourth-order valence-electron chi connectivity index (χ4n) is 2.87. The Labute approximate surface area is 97.8 Å². The normalized spacial score (nSPS) is 23.9. The molecule has 2 N–H and O–H groups in total. The van der Waals surface area contributed by atoms with E-state index in [1.807, 2.05) is 4.90 Å². The fourth-order valence-corrected chi connectivity index (χ4v) is 2.87. The first-order valence-corrected chi connectivity index (χ1v) is 6.53. The van der Waals surface area contributed by atoms with Gasteiger partial charge in [0, 0.05) is 32.1 Å². The van der Waals surface area contributed by atoms with Crippen molar-refractivity contribution >= 4 is 5.91 Å². The van der Waals surface area contributed by atoms with Gasteiger partial charge in [-0.1, -0.05) is 0 Å². The minimum absolute atomic E-state index is 0.238. The van der Waals surface area contributed by atoms with Crippen LogP contribution in [0.2, 0.25) is 0 Å². The Kier molecular flexibility index (Phi) is 4.18. The zero-order valence-corrected chi connectivity index (χ0v) is 10.0. The molecule has 0 atom stereocenters. The first kappa shape index (κ1) is 11.9. The second-order valence-corrected chi connectivity index (χ2v) is 4.89. The van der Waals surface area contributed by atoms with Crippen LogP contribution in [-0.2, 0) is 4.79 Å². The molecule has 0 bridgehead atoms. The zero-order valence-electron chi connectivity index (χ0n) is 10.0. The van der Waals surface area contributed by atoms with E-state index in [4.69, 9.17) is 5.73 Å². The third-order valence-corrected chi connectivity index (χ3v) is 3.83. The molecule has 2 aliphatic rings. The van der Waals surface area contributed by atoms with Crippen LogP contribution in [0.15, 0.2) is 0 Å².